The van der Waals surface area contributed by atoms with Crippen LogP contribution in [0, 0.1) is 13.8 Å². The van der Waals surface area contributed by atoms with Crippen LogP contribution in [0.25, 0.3) is 21.9 Å². The van der Waals surface area contributed by atoms with Crippen LogP contribution in [0.5, 0.6) is 11.5 Å². The minimum atomic E-state index is -0.607. The van der Waals surface area contributed by atoms with Crippen LogP contribution in [-0.4, -0.2) is 37.1 Å². The van der Waals surface area contributed by atoms with Crippen molar-refractivity contribution in [2.75, 3.05) is 20.8 Å². The summed E-state index contributed by atoms with van der Waals surface area (Å²) in [5, 5.41) is 1.47. The number of nitrogens with zero attached hydrogens (tertiary/aromatic N) is 1. The number of hydrogen-bond donors (Lipinski definition) is 0. The molecule has 0 aliphatic heterocycles. The highest BCUT2D eigenvalue weighted by Gasteiger charge is 2.20. The first-order chi connectivity index (χ1) is 16.2. The summed E-state index contributed by atoms with van der Waals surface area (Å²) in [4.78, 5) is 37.1. The molecule has 0 radical (unpaired) electrons. The summed E-state index contributed by atoms with van der Waals surface area (Å²) in [6, 6.07) is 10.6. The Kier molecular flexibility index (Phi) is 6.15. The van der Waals surface area contributed by atoms with E-state index in [0.29, 0.717) is 33.6 Å². The molecule has 0 amide bonds. The maximum atomic E-state index is 13.1. The third-order valence-electron chi connectivity index (χ3n) is 6.16. The first-order valence-electron chi connectivity index (χ1n) is 10.7. The second-order valence-electron chi connectivity index (χ2n) is 8.02. The number of carbonyl (C=O) groups is 2. The predicted molar refractivity (Wildman–Crippen MR) is 127 cm³/mol. The van der Waals surface area contributed by atoms with Crippen LogP contribution < -0.4 is 15.1 Å². The lowest BCUT2D eigenvalue weighted by Crippen LogP contribution is -2.16. The molecule has 2 aromatic heterocycles. The predicted octanol–water partition coefficient (Wildman–Crippen LogP) is 3.89. The van der Waals surface area contributed by atoms with E-state index < -0.39 is 11.6 Å². The molecule has 2 aromatic carbocycles. The first kappa shape index (κ1) is 23.1. The molecule has 0 aliphatic rings. The molecule has 0 aliphatic carbocycles. The van der Waals surface area contributed by atoms with Gasteiger partial charge < -0.3 is 23.2 Å². The maximum absolute atomic E-state index is 13.1. The number of aryl methyl sites for hydroxylation is 2. The molecule has 8 heteroatoms. The van der Waals surface area contributed by atoms with Crippen molar-refractivity contribution in [3.8, 4) is 11.5 Å². The Morgan fingerprint density at radius 3 is 2.44 bits per heavy atom. The van der Waals surface area contributed by atoms with Crippen molar-refractivity contribution in [3.63, 3.8) is 0 Å². The van der Waals surface area contributed by atoms with Gasteiger partial charge in [-0.05, 0) is 49.7 Å². The Morgan fingerprint density at radius 1 is 1.00 bits per heavy atom. The Morgan fingerprint density at radius 2 is 1.74 bits per heavy atom. The average Bonchev–Trinajstić information content (AvgIpc) is 3.08. The van der Waals surface area contributed by atoms with Crippen molar-refractivity contribution >= 4 is 33.6 Å². The molecule has 4 rings (SSSR count). The third kappa shape index (κ3) is 4.03. The van der Waals surface area contributed by atoms with Gasteiger partial charge in [-0.3, -0.25) is 9.59 Å². The van der Waals surface area contributed by atoms with Gasteiger partial charge in [-0.15, -0.1) is 0 Å². The minimum absolute atomic E-state index is 0.164. The molecule has 0 unspecified atom stereocenters. The SMILES string of the molecule is COC(=O)Cc1c(C)c2ccc(OCC(=O)c3c(C)n(C)c4ccc(OC)cc34)cc2oc1=O. The Balaban J connectivity index is 1.61. The van der Waals surface area contributed by atoms with E-state index in [4.69, 9.17) is 13.9 Å². The van der Waals surface area contributed by atoms with Crippen LogP contribution in [0.4, 0.5) is 0 Å². The van der Waals surface area contributed by atoms with Gasteiger partial charge in [0.15, 0.2) is 6.61 Å². The lowest BCUT2D eigenvalue weighted by atomic mass is 10.0. The van der Waals surface area contributed by atoms with Crippen molar-refractivity contribution in [3.05, 3.63) is 69.2 Å². The standard InChI is InChI=1S/C26H25NO7/c1-14-18-8-6-17(11-23(18)34-26(30)19(14)12-24(29)32-5)33-13-22(28)25-15(2)27(3)21-9-7-16(31-4)10-20(21)25/h6-11H,12-13H2,1-5H3. The van der Waals surface area contributed by atoms with Gasteiger partial charge in [-0.25, -0.2) is 4.79 Å². The smallest absolute Gasteiger partial charge is 0.340 e. The number of rotatable bonds is 7. The van der Waals surface area contributed by atoms with E-state index in [2.05, 4.69) is 4.74 Å². The Hall–Kier alpha value is -4.07. The largest absolute Gasteiger partial charge is 0.497 e. The summed E-state index contributed by atoms with van der Waals surface area (Å²) in [7, 11) is 4.76. The zero-order chi connectivity index (χ0) is 24.6. The maximum Gasteiger partial charge on any atom is 0.340 e. The fraction of sp³-hybridized carbons (Fsp3) is 0.269. The molecule has 0 spiro atoms. The zero-order valence-corrected chi connectivity index (χ0v) is 19.7. The van der Waals surface area contributed by atoms with Gasteiger partial charge in [-0.2, -0.15) is 0 Å². The van der Waals surface area contributed by atoms with E-state index in [9.17, 15) is 14.4 Å². The quantitative estimate of drug-likeness (QED) is 0.233. The van der Waals surface area contributed by atoms with E-state index in [1.165, 1.54) is 7.11 Å². The number of ketones is 1. The van der Waals surface area contributed by atoms with Gasteiger partial charge in [0.2, 0.25) is 5.78 Å². The van der Waals surface area contributed by atoms with Crippen LogP contribution >= 0.6 is 0 Å². The van der Waals surface area contributed by atoms with Gasteiger partial charge in [0.05, 0.1) is 26.2 Å². The molecule has 176 valence electrons. The monoisotopic (exact) mass is 463 g/mol. The summed E-state index contributed by atoms with van der Waals surface area (Å²) in [6.07, 6.45) is -0.164. The lowest BCUT2D eigenvalue weighted by molar-refractivity contribution is -0.139. The summed E-state index contributed by atoms with van der Waals surface area (Å²) in [5.74, 6) is 0.358. The second-order valence-corrected chi connectivity index (χ2v) is 8.02. The molecule has 0 saturated carbocycles. The van der Waals surface area contributed by atoms with E-state index in [-0.39, 0.29) is 24.4 Å². The van der Waals surface area contributed by atoms with Gasteiger partial charge in [-0.1, -0.05) is 0 Å². The molecular formula is C26H25NO7. The Bertz CT molecular complexity index is 1490. The first-order valence-corrected chi connectivity index (χ1v) is 10.7. The number of aromatic nitrogens is 1. The number of benzene rings is 2. The van der Waals surface area contributed by atoms with Gasteiger partial charge in [0.25, 0.3) is 0 Å². The zero-order valence-electron chi connectivity index (χ0n) is 19.7. The Labute approximate surface area is 195 Å². The third-order valence-corrected chi connectivity index (χ3v) is 6.16. The van der Waals surface area contributed by atoms with Crippen molar-refractivity contribution < 1.29 is 28.2 Å². The van der Waals surface area contributed by atoms with Crippen LogP contribution in [0.1, 0.15) is 27.2 Å². The van der Waals surface area contributed by atoms with E-state index in [0.717, 1.165) is 16.6 Å². The van der Waals surface area contributed by atoms with E-state index in [1.54, 1.807) is 32.2 Å². The molecule has 0 fully saturated rings. The van der Waals surface area contributed by atoms with Crippen molar-refractivity contribution in [1.82, 2.24) is 4.57 Å². The fourth-order valence-electron chi connectivity index (χ4n) is 4.14. The number of fused-ring (bicyclic) bond motifs is 2. The second kappa shape index (κ2) is 9.05. The van der Waals surface area contributed by atoms with Crippen LogP contribution in [0.15, 0.2) is 45.6 Å². The number of Topliss-reactive ketones (excluding diaryl/α,β-unsaturated/α-hetero) is 1. The molecule has 4 aromatic rings. The molecule has 0 saturated heterocycles. The minimum Gasteiger partial charge on any atom is -0.497 e. The normalized spacial score (nSPS) is 11.1. The molecule has 8 nitrogen and oxygen atoms in total. The van der Waals surface area contributed by atoms with Crippen LogP contribution in [-0.2, 0) is 23.0 Å². The highest BCUT2D eigenvalue weighted by Crippen LogP contribution is 2.30. The molecule has 34 heavy (non-hydrogen) atoms. The molecule has 0 N–H and O–H groups in total. The number of hydrogen-bond acceptors (Lipinski definition) is 7. The lowest BCUT2D eigenvalue weighted by Gasteiger charge is -2.10. The van der Waals surface area contributed by atoms with Crippen molar-refractivity contribution in [2.24, 2.45) is 7.05 Å². The number of esters is 1. The number of ether oxygens (including phenoxy) is 3. The summed E-state index contributed by atoms with van der Waals surface area (Å²) < 4.78 is 23.1. The van der Waals surface area contributed by atoms with E-state index in [1.807, 2.05) is 36.7 Å². The highest BCUT2D eigenvalue weighted by atomic mass is 16.5. The van der Waals surface area contributed by atoms with Gasteiger partial charge in [0, 0.05) is 40.7 Å². The fourth-order valence-corrected chi connectivity index (χ4v) is 4.14. The van der Waals surface area contributed by atoms with Crippen LogP contribution in [0.2, 0.25) is 0 Å². The highest BCUT2D eigenvalue weighted by molar-refractivity contribution is 6.10. The molecule has 0 bridgehead atoms. The van der Waals surface area contributed by atoms with E-state index >= 15 is 0 Å². The topological polar surface area (TPSA) is 97.0 Å². The molecule has 2 heterocycles. The molecular weight excluding hydrogens is 438 g/mol. The van der Waals surface area contributed by atoms with Crippen LogP contribution in [0.3, 0.4) is 0 Å². The summed E-state index contributed by atoms with van der Waals surface area (Å²) in [5.41, 5.74) is 2.93. The number of carbonyl (C=O) groups excluding carboxylic acids is 2. The summed E-state index contributed by atoms with van der Waals surface area (Å²) in [6.45, 7) is 3.45. The summed E-state index contributed by atoms with van der Waals surface area (Å²) >= 11 is 0. The number of methoxy groups -OCH3 is 2. The van der Waals surface area contributed by atoms with Gasteiger partial charge in [0.1, 0.15) is 17.1 Å². The average molecular weight is 463 g/mol. The van der Waals surface area contributed by atoms with Crippen molar-refractivity contribution in [1.29, 1.82) is 0 Å². The van der Waals surface area contributed by atoms with Gasteiger partial charge >= 0.3 is 11.6 Å². The van der Waals surface area contributed by atoms with Crippen molar-refractivity contribution in [2.45, 2.75) is 20.3 Å². The molecule has 0 atom stereocenters.